The summed E-state index contributed by atoms with van der Waals surface area (Å²) in [5, 5.41) is 0. The molecular weight excluding hydrogens is 349 g/mol. The molecule has 0 spiro atoms. The van der Waals surface area contributed by atoms with E-state index < -0.39 is 0 Å². The van der Waals surface area contributed by atoms with Crippen LogP contribution in [-0.4, -0.2) is 79.5 Å². The van der Waals surface area contributed by atoms with Gasteiger partial charge in [-0.25, -0.2) is 4.39 Å². The predicted octanol–water partition coefficient (Wildman–Crippen LogP) is 1.35. The molecule has 0 aliphatic carbocycles. The summed E-state index contributed by atoms with van der Waals surface area (Å²) in [6, 6.07) is 6.48. The average molecular weight is 377 g/mol. The number of hydrogen-bond acceptors (Lipinski definition) is 4. The zero-order chi connectivity index (χ0) is 19.2. The molecule has 27 heavy (non-hydrogen) atoms. The first-order valence-electron chi connectivity index (χ1n) is 9.59. The highest BCUT2D eigenvalue weighted by Gasteiger charge is 2.34. The maximum atomic E-state index is 13.9. The van der Waals surface area contributed by atoms with Crippen molar-refractivity contribution < 1.29 is 18.7 Å². The third-order valence-electron chi connectivity index (χ3n) is 5.46. The minimum absolute atomic E-state index is 0.00770. The molecule has 3 rings (SSSR count). The Morgan fingerprint density at radius 3 is 2.67 bits per heavy atom. The normalized spacial score (nSPS) is 21.6. The van der Waals surface area contributed by atoms with Crippen molar-refractivity contribution in [3.8, 4) is 0 Å². The van der Waals surface area contributed by atoms with Gasteiger partial charge in [0.2, 0.25) is 11.8 Å². The molecule has 1 aromatic carbocycles. The van der Waals surface area contributed by atoms with E-state index in [1.54, 1.807) is 30.2 Å². The van der Waals surface area contributed by atoms with Crippen LogP contribution in [0.2, 0.25) is 0 Å². The Kier molecular flexibility index (Phi) is 6.79. The van der Waals surface area contributed by atoms with Gasteiger partial charge in [0.15, 0.2) is 0 Å². The van der Waals surface area contributed by atoms with Crippen LogP contribution in [0.1, 0.15) is 18.4 Å². The van der Waals surface area contributed by atoms with E-state index >= 15 is 0 Å². The third-order valence-corrected chi connectivity index (χ3v) is 5.46. The summed E-state index contributed by atoms with van der Waals surface area (Å²) in [4.78, 5) is 31.0. The molecule has 0 N–H and O–H groups in total. The lowest BCUT2D eigenvalue weighted by atomic mass is 9.95. The Morgan fingerprint density at radius 2 is 1.96 bits per heavy atom. The van der Waals surface area contributed by atoms with Crippen LogP contribution >= 0.6 is 0 Å². The highest BCUT2D eigenvalue weighted by atomic mass is 19.1. The fraction of sp³-hybridized carbons (Fsp3) is 0.600. The van der Waals surface area contributed by atoms with Crippen LogP contribution in [0, 0.1) is 11.7 Å². The maximum absolute atomic E-state index is 13.9. The maximum Gasteiger partial charge on any atom is 0.227 e. The SMILES string of the molecule is COCCN1CCN(C(=O)[C@H]2CCC(=O)N(Cc3ccccc3F)C2)CC1. The Labute approximate surface area is 159 Å². The molecule has 7 heteroatoms. The van der Waals surface area contributed by atoms with Crippen LogP contribution in [-0.2, 0) is 20.9 Å². The van der Waals surface area contributed by atoms with E-state index in [0.717, 1.165) is 19.6 Å². The molecule has 0 saturated carbocycles. The Hall–Kier alpha value is -1.99. The first kappa shape index (κ1) is 19.8. The smallest absolute Gasteiger partial charge is 0.227 e. The molecule has 2 aliphatic rings. The number of hydrogen-bond donors (Lipinski definition) is 0. The zero-order valence-corrected chi connectivity index (χ0v) is 15.9. The molecule has 2 heterocycles. The first-order chi connectivity index (χ1) is 13.1. The average Bonchev–Trinajstić information content (AvgIpc) is 2.69. The van der Waals surface area contributed by atoms with Gasteiger partial charge in [0.1, 0.15) is 5.82 Å². The van der Waals surface area contributed by atoms with E-state index in [0.29, 0.717) is 44.6 Å². The Balaban J connectivity index is 1.55. The minimum Gasteiger partial charge on any atom is -0.383 e. The van der Waals surface area contributed by atoms with Crippen molar-refractivity contribution in [1.82, 2.24) is 14.7 Å². The minimum atomic E-state index is -0.314. The van der Waals surface area contributed by atoms with Gasteiger partial charge in [0.25, 0.3) is 0 Å². The molecule has 2 amide bonds. The lowest BCUT2D eigenvalue weighted by Gasteiger charge is -2.39. The van der Waals surface area contributed by atoms with E-state index in [4.69, 9.17) is 4.74 Å². The van der Waals surface area contributed by atoms with Crippen molar-refractivity contribution in [2.75, 3.05) is 53.0 Å². The second kappa shape index (κ2) is 9.28. The summed E-state index contributed by atoms with van der Waals surface area (Å²) in [5.74, 6) is -0.398. The summed E-state index contributed by atoms with van der Waals surface area (Å²) in [6.07, 6.45) is 0.925. The van der Waals surface area contributed by atoms with Crippen molar-refractivity contribution in [3.05, 3.63) is 35.6 Å². The summed E-state index contributed by atoms with van der Waals surface area (Å²) >= 11 is 0. The number of methoxy groups -OCH3 is 1. The van der Waals surface area contributed by atoms with Crippen molar-refractivity contribution in [3.63, 3.8) is 0 Å². The van der Waals surface area contributed by atoms with Crippen LogP contribution in [0.25, 0.3) is 0 Å². The van der Waals surface area contributed by atoms with E-state index in [2.05, 4.69) is 4.90 Å². The number of rotatable bonds is 6. The van der Waals surface area contributed by atoms with Crippen molar-refractivity contribution in [2.45, 2.75) is 19.4 Å². The topological polar surface area (TPSA) is 53.1 Å². The van der Waals surface area contributed by atoms with Crippen molar-refractivity contribution in [1.29, 1.82) is 0 Å². The number of ether oxygens (including phenoxy) is 1. The fourth-order valence-electron chi connectivity index (χ4n) is 3.77. The van der Waals surface area contributed by atoms with Crippen molar-refractivity contribution in [2.24, 2.45) is 5.92 Å². The largest absolute Gasteiger partial charge is 0.383 e. The number of nitrogens with zero attached hydrogens (tertiary/aromatic N) is 3. The van der Waals surface area contributed by atoms with Crippen LogP contribution < -0.4 is 0 Å². The summed E-state index contributed by atoms with van der Waals surface area (Å²) in [6.45, 7) is 5.28. The number of piperazine rings is 1. The molecule has 1 atom stereocenters. The predicted molar refractivity (Wildman–Crippen MR) is 99.4 cm³/mol. The monoisotopic (exact) mass is 377 g/mol. The number of carbonyl (C=O) groups is 2. The molecule has 0 radical (unpaired) electrons. The van der Waals surface area contributed by atoms with E-state index in [-0.39, 0.29) is 30.1 Å². The molecule has 0 aromatic heterocycles. The lowest BCUT2D eigenvalue weighted by Crippen LogP contribution is -2.53. The van der Waals surface area contributed by atoms with E-state index in [9.17, 15) is 14.0 Å². The molecular formula is C20H28FN3O3. The van der Waals surface area contributed by atoms with Crippen LogP contribution in [0.15, 0.2) is 24.3 Å². The molecule has 0 bridgehead atoms. The standard InChI is InChI=1S/C20H28FN3O3/c1-27-13-12-22-8-10-23(11-9-22)20(26)17-6-7-19(25)24(15-17)14-16-4-2-3-5-18(16)21/h2-5,17H,6-15H2,1H3/t17-/m0/s1. The quantitative estimate of drug-likeness (QED) is 0.751. The van der Waals surface area contributed by atoms with E-state index in [1.807, 2.05) is 4.90 Å². The zero-order valence-electron chi connectivity index (χ0n) is 15.9. The highest BCUT2D eigenvalue weighted by molar-refractivity contribution is 5.84. The molecule has 2 aliphatic heterocycles. The van der Waals surface area contributed by atoms with Crippen molar-refractivity contribution >= 4 is 11.8 Å². The lowest BCUT2D eigenvalue weighted by molar-refractivity contribution is -0.144. The van der Waals surface area contributed by atoms with Gasteiger partial charge in [-0.1, -0.05) is 18.2 Å². The number of likely N-dealkylation sites (tertiary alicyclic amines) is 1. The first-order valence-corrected chi connectivity index (χ1v) is 9.59. The molecule has 6 nitrogen and oxygen atoms in total. The second-order valence-corrected chi connectivity index (χ2v) is 7.26. The Morgan fingerprint density at radius 1 is 1.22 bits per heavy atom. The molecule has 2 saturated heterocycles. The summed E-state index contributed by atoms with van der Waals surface area (Å²) in [7, 11) is 1.69. The van der Waals surface area contributed by atoms with Gasteiger partial charge in [-0.2, -0.15) is 0 Å². The molecule has 148 valence electrons. The number of piperidine rings is 1. The number of carbonyl (C=O) groups excluding carboxylic acids is 2. The van der Waals surface area contributed by atoms with Crippen LogP contribution in [0.4, 0.5) is 4.39 Å². The number of benzene rings is 1. The molecule has 1 aromatic rings. The highest BCUT2D eigenvalue weighted by Crippen LogP contribution is 2.23. The summed E-state index contributed by atoms with van der Waals surface area (Å²) < 4.78 is 19.0. The van der Waals surface area contributed by atoms with Gasteiger partial charge < -0.3 is 14.5 Å². The van der Waals surface area contributed by atoms with Gasteiger partial charge in [-0.15, -0.1) is 0 Å². The second-order valence-electron chi connectivity index (χ2n) is 7.26. The van der Waals surface area contributed by atoms with Crippen LogP contribution in [0.5, 0.6) is 0 Å². The molecule has 2 fully saturated rings. The van der Waals surface area contributed by atoms with Gasteiger partial charge in [0.05, 0.1) is 12.5 Å². The number of halogens is 1. The Bertz CT molecular complexity index is 662. The van der Waals surface area contributed by atoms with E-state index in [1.165, 1.54) is 6.07 Å². The van der Waals surface area contributed by atoms with Gasteiger partial charge in [-0.3, -0.25) is 14.5 Å². The van der Waals surface area contributed by atoms with Gasteiger partial charge >= 0.3 is 0 Å². The third kappa shape index (κ3) is 5.05. The van der Waals surface area contributed by atoms with Crippen LogP contribution in [0.3, 0.4) is 0 Å². The number of amides is 2. The van der Waals surface area contributed by atoms with Gasteiger partial charge in [0, 0.05) is 64.9 Å². The van der Waals surface area contributed by atoms with Gasteiger partial charge in [-0.05, 0) is 12.5 Å². The summed E-state index contributed by atoms with van der Waals surface area (Å²) in [5.41, 5.74) is 0.491. The fourth-order valence-corrected chi connectivity index (χ4v) is 3.77. The molecule has 0 unspecified atom stereocenters.